The van der Waals surface area contributed by atoms with Crippen molar-refractivity contribution < 1.29 is 23.5 Å². The van der Waals surface area contributed by atoms with Gasteiger partial charge in [-0.25, -0.2) is 4.39 Å². The fraction of sp³-hybridized carbons (Fsp3) is 0.591. The molecule has 9 nitrogen and oxygen atoms in total. The van der Waals surface area contributed by atoms with Crippen LogP contribution in [0.3, 0.4) is 0 Å². The summed E-state index contributed by atoms with van der Waals surface area (Å²) >= 11 is 0. The number of hydrogen-bond acceptors (Lipinski definition) is 5. The molecule has 1 saturated carbocycles. The Morgan fingerprint density at radius 1 is 1.24 bits per heavy atom. The van der Waals surface area contributed by atoms with Gasteiger partial charge in [0.1, 0.15) is 5.82 Å². The van der Waals surface area contributed by atoms with Crippen LogP contribution in [-0.4, -0.2) is 44.2 Å². The van der Waals surface area contributed by atoms with Gasteiger partial charge in [0.05, 0.1) is 28.8 Å². The van der Waals surface area contributed by atoms with Crippen molar-refractivity contribution in [3.05, 3.63) is 33.9 Å². The monoisotopic (exact) mass is 482 g/mol. The summed E-state index contributed by atoms with van der Waals surface area (Å²) in [4.78, 5) is 43.6. The third kappa shape index (κ3) is 6.19. The number of benzene rings is 1. The molecule has 1 aromatic heterocycles. The molecule has 182 valence electrons. The van der Waals surface area contributed by atoms with Crippen LogP contribution >= 0.6 is 7.60 Å². The maximum absolute atomic E-state index is 15.0. The molecule has 2 aromatic rings. The lowest BCUT2D eigenvalue weighted by molar-refractivity contribution is 0.0947. The first kappa shape index (κ1) is 25.3. The molecule has 1 aliphatic rings. The van der Waals surface area contributed by atoms with Gasteiger partial charge in [-0.15, -0.1) is 0 Å². The van der Waals surface area contributed by atoms with E-state index in [0.717, 1.165) is 31.7 Å². The Morgan fingerprint density at radius 3 is 2.52 bits per heavy atom. The Morgan fingerprint density at radius 2 is 1.91 bits per heavy atom. The zero-order chi connectivity index (χ0) is 24.2. The van der Waals surface area contributed by atoms with Crippen LogP contribution in [0.25, 0.3) is 10.9 Å². The molecule has 1 fully saturated rings. The van der Waals surface area contributed by atoms with Crippen molar-refractivity contribution in [3.63, 3.8) is 0 Å². The fourth-order valence-electron chi connectivity index (χ4n) is 4.31. The quantitative estimate of drug-likeness (QED) is 0.402. The zero-order valence-electron chi connectivity index (χ0n) is 19.0. The number of aromatic nitrogens is 2. The van der Waals surface area contributed by atoms with Gasteiger partial charge < -0.3 is 20.4 Å². The van der Waals surface area contributed by atoms with Crippen molar-refractivity contribution in [1.29, 1.82) is 0 Å². The predicted molar refractivity (Wildman–Crippen MR) is 125 cm³/mol. The van der Waals surface area contributed by atoms with Gasteiger partial charge in [-0.2, -0.15) is 5.10 Å². The van der Waals surface area contributed by atoms with Gasteiger partial charge >= 0.3 is 7.60 Å². The second-order valence-corrected chi connectivity index (χ2v) is 10.3. The molecule has 4 N–H and O–H groups in total. The summed E-state index contributed by atoms with van der Waals surface area (Å²) in [7, 11) is -4.30. The van der Waals surface area contributed by atoms with E-state index in [1.807, 2.05) is 13.8 Å². The molecule has 0 saturated heterocycles. The topological polar surface area (TPSA) is 134 Å². The molecule has 1 aliphatic carbocycles. The molecule has 3 rings (SSSR count). The second-order valence-electron chi connectivity index (χ2n) is 8.57. The summed E-state index contributed by atoms with van der Waals surface area (Å²) in [6, 6.07) is 2.80. The van der Waals surface area contributed by atoms with Crippen LogP contribution in [0.5, 0.6) is 0 Å². The van der Waals surface area contributed by atoms with Crippen LogP contribution in [-0.2, 0) is 4.57 Å². The number of nitrogens with one attached hydrogen (secondary N) is 2. The Bertz CT molecular complexity index is 1110. The molecule has 0 radical (unpaired) electrons. The van der Waals surface area contributed by atoms with Crippen molar-refractivity contribution in [2.24, 2.45) is 0 Å². The van der Waals surface area contributed by atoms with E-state index in [-0.39, 0.29) is 24.0 Å². The number of carbonyl (C=O) groups is 1. The number of halogens is 1. The molecule has 1 aromatic carbocycles. The molecule has 1 heterocycles. The number of amides is 1. The molecule has 0 spiro atoms. The lowest BCUT2D eigenvalue weighted by Gasteiger charge is -2.25. The number of carbonyl (C=O) groups excluding carboxylic acids is 1. The smallest absolute Gasteiger partial charge is 0.327 e. The normalized spacial score (nSPS) is 15.2. The Labute approximate surface area is 191 Å². The van der Waals surface area contributed by atoms with Crippen molar-refractivity contribution in [2.75, 3.05) is 18.0 Å². The Balaban J connectivity index is 2.04. The summed E-state index contributed by atoms with van der Waals surface area (Å²) in [5.41, 5.74) is -0.383. The first-order chi connectivity index (χ1) is 15.6. The highest BCUT2D eigenvalue weighted by Crippen LogP contribution is 2.33. The highest BCUT2D eigenvalue weighted by atomic mass is 31.2. The van der Waals surface area contributed by atoms with Crippen molar-refractivity contribution in [1.82, 2.24) is 15.1 Å². The lowest BCUT2D eigenvalue weighted by atomic mass is 9.95. The summed E-state index contributed by atoms with van der Waals surface area (Å²) in [6.07, 6.45) is 6.09. The maximum atomic E-state index is 15.0. The molecule has 0 unspecified atom stereocenters. The lowest BCUT2D eigenvalue weighted by Crippen LogP contribution is -2.34. The van der Waals surface area contributed by atoms with E-state index in [9.17, 15) is 18.5 Å². The Hall–Kier alpha value is -2.29. The van der Waals surface area contributed by atoms with Gasteiger partial charge in [0.25, 0.3) is 5.91 Å². The minimum atomic E-state index is -4.30. The highest BCUT2D eigenvalue weighted by Gasteiger charge is 2.23. The number of fused-ring (bicyclic) bond motifs is 1. The SMILES string of the molecule is CCC(CC)n1nc(C(=O)NCCP(=O)(O)O)c(=O)c2cc(F)c(NC3CCCCC3)cc21. The summed E-state index contributed by atoms with van der Waals surface area (Å²) in [6.45, 7) is 3.61. The molecule has 0 bridgehead atoms. The molecule has 0 aliphatic heterocycles. The standard InChI is InChI=1S/C22H32FN4O5P/c1-3-15(4-2)27-19-13-18(25-14-8-6-5-7-9-14)17(23)12-16(19)21(28)20(26-27)22(29)24-10-11-33(30,31)32/h12-15,25H,3-11H2,1-2H3,(H,24,29)(H2,30,31,32). The van der Waals surface area contributed by atoms with Gasteiger partial charge in [-0.3, -0.25) is 18.8 Å². The number of anilines is 1. The van der Waals surface area contributed by atoms with Crippen LogP contribution in [0.1, 0.15) is 75.3 Å². The van der Waals surface area contributed by atoms with E-state index in [4.69, 9.17) is 9.79 Å². The molecule has 0 atom stereocenters. The van der Waals surface area contributed by atoms with Gasteiger partial charge in [-0.05, 0) is 37.8 Å². The summed E-state index contributed by atoms with van der Waals surface area (Å²) in [5.74, 6) is -1.42. The van der Waals surface area contributed by atoms with Crippen LogP contribution in [0, 0.1) is 5.82 Å². The summed E-state index contributed by atoms with van der Waals surface area (Å²) in [5, 5.41) is 9.97. The van der Waals surface area contributed by atoms with E-state index in [1.54, 1.807) is 10.7 Å². The van der Waals surface area contributed by atoms with E-state index < -0.39 is 36.6 Å². The molecular formula is C22H32FN4O5P. The highest BCUT2D eigenvalue weighted by molar-refractivity contribution is 7.51. The minimum absolute atomic E-state index is 0.0451. The largest absolute Gasteiger partial charge is 0.380 e. The fourth-order valence-corrected chi connectivity index (χ4v) is 4.71. The third-order valence-corrected chi connectivity index (χ3v) is 6.96. The van der Waals surface area contributed by atoms with Gasteiger partial charge in [0.2, 0.25) is 5.43 Å². The van der Waals surface area contributed by atoms with E-state index in [2.05, 4.69) is 15.7 Å². The molecule has 11 heteroatoms. The van der Waals surface area contributed by atoms with Gasteiger partial charge in [-0.1, -0.05) is 33.1 Å². The van der Waals surface area contributed by atoms with Crippen LogP contribution in [0.4, 0.5) is 10.1 Å². The first-order valence-electron chi connectivity index (χ1n) is 11.5. The predicted octanol–water partition coefficient (Wildman–Crippen LogP) is 3.55. The number of hydrogen-bond donors (Lipinski definition) is 4. The number of rotatable bonds is 9. The minimum Gasteiger partial charge on any atom is -0.380 e. The molecular weight excluding hydrogens is 450 g/mol. The first-order valence-corrected chi connectivity index (χ1v) is 13.3. The van der Waals surface area contributed by atoms with Crippen molar-refractivity contribution >= 4 is 30.1 Å². The van der Waals surface area contributed by atoms with Crippen LogP contribution < -0.4 is 16.1 Å². The van der Waals surface area contributed by atoms with Crippen LogP contribution in [0.15, 0.2) is 16.9 Å². The average molecular weight is 482 g/mol. The molecule has 1 amide bonds. The van der Waals surface area contributed by atoms with Crippen LogP contribution in [0.2, 0.25) is 0 Å². The van der Waals surface area contributed by atoms with Gasteiger partial charge in [0, 0.05) is 12.6 Å². The third-order valence-electron chi connectivity index (χ3n) is 6.16. The maximum Gasteiger partial charge on any atom is 0.327 e. The van der Waals surface area contributed by atoms with Gasteiger partial charge in [0.15, 0.2) is 5.69 Å². The molecule has 33 heavy (non-hydrogen) atoms. The van der Waals surface area contributed by atoms with E-state index in [0.29, 0.717) is 24.0 Å². The van der Waals surface area contributed by atoms with Crippen molar-refractivity contribution in [2.45, 2.75) is 70.9 Å². The van der Waals surface area contributed by atoms with E-state index in [1.165, 1.54) is 6.42 Å². The van der Waals surface area contributed by atoms with Crippen molar-refractivity contribution in [3.8, 4) is 0 Å². The zero-order valence-corrected chi connectivity index (χ0v) is 19.9. The number of nitrogens with zero attached hydrogens (tertiary/aromatic N) is 2. The average Bonchev–Trinajstić information content (AvgIpc) is 2.76. The summed E-state index contributed by atoms with van der Waals surface area (Å²) < 4.78 is 27.6. The Kier molecular flexibility index (Phi) is 8.26. The van der Waals surface area contributed by atoms with E-state index >= 15 is 0 Å². The second kappa shape index (κ2) is 10.8.